The molecule has 0 radical (unpaired) electrons. The van der Waals surface area contributed by atoms with Crippen LogP contribution in [0.25, 0.3) is 11.5 Å². The molecule has 1 N–H and O–H groups in total. The Labute approximate surface area is 136 Å². The number of nitrogens with zero attached hydrogens (tertiary/aromatic N) is 2. The number of halogens is 1. The smallest absolute Gasteiger partial charge is 0.226 e. The Morgan fingerprint density at radius 1 is 1.26 bits per heavy atom. The fraction of sp³-hybridized carbons (Fsp3) is 0.500. The normalized spacial score (nSPS) is 16.8. The molecule has 0 bridgehead atoms. The Kier molecular flexibility index (Phi) is 5.41. The number of aromatic nitrogens is 1. The van der Waals surface area contributed by atoms with Crippen LogP contribution in [0.3, 0.4) is 0 Å². The molecule has 0 amide bonds. The molecule has 1 aromatic heterocycles. The molecule has 0 atom stereocenters. The van der Waals surface area contributed by atoms with E-state index in [1.54, 1.807) is 18.4 Å². The number of benzene rings is 1. The van der Waals surface area contributed by atoms with Crippen LogP contribution in [0.1, 0.15) is 25.5 Å². The van der Waals surface area contributed by atoms with Crippen LogP contribution in [0, 0.1) is 11.7 Å². The minimum absolute atomic E-state index is 0.249. The van der Waals surface area contributed by atoms with Gasteiger partial charge >= 0.3 is 0 Å². The largest absolute Gasteiger partial charge is 0.444 e. The number of hydrogen-bond acceptors (Lipinski definition) is 4. The summed E-state index contributed by atoms with van der Waals surface area (Å²) in [6.07, 6.45) is 4.18. The average molecular weight is 317 g/mol. The van der Waals surface area contributed by atoms with Gasteiger partial charge in [-0.05, 0) is 69.2 Å². The second-order valence-corrected chi connectivity index (χ2v) is 6.18. The molecule has 0 unspecified atom stereocenters. The van der Waals surface area contributed by atoms with Gasteiger partial charge in [0.25, 0.3) is 0 Å². The molecule has 1 saturated heterocycles. The van der Waals surface area contributed by atoms with Gasteiger partial charge in [0.2, 0.25) is 5.89 Å². The van der Waals surface area contributed by atoms with Gasteiger partial charge in [0.05, 0.1) is 5.69 Å². The highest BCUT2D eigenvalue weighted by atomic mass is 19.1. The summed E-state index contributed by atoms with van der Waals surface area (Å²) in [5.74, 6) is 1.10. The molecule has 4 nitrogen and oxygen atoms in total. The van der Waals surface area contributed by atoms with Gasteiger partial charge in [-0.15, -0.1) is 0 Å². The maximum Gasteiger partial charge on any atom is 0.226 e. The highest BCUT2D eigenvalue weighted by Gasteiger charge is 2.20. The van der Waals surface area contributed by atoms with Crippen LogP contribution in [0.2, 0.25) is 0 Å². The lowest BCUT2D eigenvalue weighted by Gasteiger charge is -2.31. The standard InChI is InChI=1S/C18H24FN3O/c1-2-20-11-14-7-9-22(10-8-14)12-17-13-23-18(21-17)15-3-5-16(19)6-4-15/h3-6,13-14,20H,2,7-12H2,1H3. The van der Waals surface area contributed by atoms with Crippen LogP contribution >= 0.6 is 0 Å². The molecule has 0 saturated carbocycles. The van der Waals surface area contributed by atoms with Gasteiger partial charge in [-0.2, -0.15) is 0 Å². The molecule has 1 aliphatic heterocycles. The molecule has 1 fully saturated rings. The molecule has 124 valence electrons. The summed E-state index contributed by atoms with van der Waals surface area (Å²) < 4.78 is 18.5. The predicted octanol–water partition coefficient (Wildman–Crippen LogP) is 3.30. The van der Waals surface area contributed by atoms with E-state index in [2.05, 4.69) is 22.1 Å². The predicted molar refractivity (Wildman–Crippen MR) is 88.4 cm³/mol. The third-order valence-corrected chi connectivity index (χ3v) is 4.42. The average Bonchev–Trinajstić information content (AvgIpc) is 3.03. The van der Waals surface area contributed by atoms with Gasteiger partial charge in [0.1, 0.15) is 12.1 Å². The van der Waals surface area contributed by atoms with E-state index >= 15 is 0 Å². The number of nitrogens with one attached hydrogen (secondary N) is 1. The zero-order valence-corrected chi connectivity index (χ0v) is 13.6. The van der Waals surface area contributed by atoms with E-state index in [9.17, 15) is 4.39 Å². The maximum absolute atomic E-state index is 13.0. The van der Waals surface area contributed by atoms with E-state index in [1.807, 2.05) is 0 Å². The van der Waals surface area contributed by atoms with Crippen LogP contribution in [-0.2, 0) is 6.54 Å². The summed E-state index contributed by atoms with van der Waals surface area (Å²) in [6.45, 7) is 7.36. The Balaban J connectivity index is 1.53. The van der Waals surface area contributed by atoms with Crippen molar-refractivity contribution in [3.63, 3.8) is 0 Å². The van der Waals surface area contributed by atoms with Crippen molar-refractivity contribution in [1.29, 1.82) is 0 Å². The molecule has 2 heterocycles. The highest BCUT2D eigenvalue weighted by Crippen LogP contribution is 2.22. The number of piperidine rings is 1. The molecule has 3 rings (SSSR count). The number of likely N-dealkylation sites (tertiary alicyclic amines) is 1. The fourth-order valence-corrected chi connectivity index (χ4v) is 3.03. The first-order valence-electron chi connectivity index (χ1n) is 8.38. The van der Waals surface area contributed by atoms with E-state index in [4.69, 9.17) is 4.42 Å². The first-order chi connectivity index (χ1) is 11.2. The van der Waals surface area contributed by atoms with E-state index in [0.717, 1.165) is 49.9 Å². The van der Waals surface area contributed by atoms with Gasteiger partial charge in [0.15, 0.2) is 0 Å². The van der Waals surface area contributed by atoms with Crippen LogP contribution in [0.15, 0.2) is 34.9 Å². The van der Waals surface area contributed by atoms with Gasteiger partial charge in [-0.25, -0.2) is 9.37 Å². The molecule has 5 heteroatoms. The molecule has 0 spiro atoms. The van der Waals surface area contributed by atoms with Crippen molar-refractivity contribution in [2.75, 3.05) is 26.2 Å². The van der Waals surface area contributed by atoms with Crippen molar-refractivity contribution in [1.82, 2.24) is 15.2 Å². The monoisotopic (exact) mass is 317 g/mol. The van der Waals surface area contributed by atoms with Gasteiger partial charge in [-0.3, -0.25) is 4.90 Å². The highest BCUT2D eigenvalue weighted by molar-refractivity contribution is 5.52. The third-order valence-electron chi connectivity index (χ3n) is 4.42. The lowest BCUT2D eigenvalue weighted by molar-refractivity contribution is 0.174. The summed E-state index contributed by atoms with van der Waals surface area (Å²) in [7, 11) is 0. The van der Waals surface area contributed by atoms with Crippen LogP contribution in [0.5, 0.6) is 0 Å². The topological polar surface area (TPSA) is 41.3 Å². The Bertz CT molecular complexity index is 603. The summed E-state index contributed by atoms with van der Waals surface area (Å²) in [5.41, 5.74) is 1.75. The Morgan fingerprint density at radius 2 is 2.00 bits per heavy atom. The van der Waals surface area contributed by atoms with Gasteiger partial charge in [-0.1, -0.05) is 6.92 Å². The third kappa shape index (κ3) is 4.39. The lowest BCUT2D eigenvalue weighted by atomic mass is 9.97. The van der Waals surface area contributed by atoms with Crippen LogP contribution < -0.4 is 5.32 Å². The zero-order chi connectivity index (χ0) is 16.1. The zero-order valence-electron chi connectivity index (χ0n) is 13.6. The van der Waals surface area contributed by atoms with Gasteiger partial charge in [0, 0.05) is 12.1 Å². The maximum atomic E-state index is 13.0. The Hall–Kier alpha value is -1.72. The van der Waals surface area contributed by atoms with E-state index < -0.39 is 0 Å². The SMILES string of the molecule is CCNCC1CCN(Cc2coc(-c3ccc(F)cc3)n2)CC1. The van der Waals surface area contributed by atoms with E-state index in [-0.39, 0.29) is 5.82 Å². The summed E-state index contributed by atoms with van der Waals surface area (Å²) in [6, 6.07) is 6.23. The van der Waals surface area contributed by atoms with Gasteiger partial charge < -0.3 is 9.73 Å². The summed E-state index contributed by atoms with van der Waals surface area (Å²) in [4.78, 5) is 6.96. The number of hydrogen-bond donors (Lipinski definition) is 1. The van der Waals surface area contributed by atoms with Crippen molar-refractivity contribution in [3.05, 3.63) is 42.0 Å². The number of oxazole rings is 1. The Morgan fingerprint density at radius 3 is 2.70 bits per heavy atom. The molecular weight excluding hydrogens is 293 g/mol. The minimum atomic E-state index is -0.249. The molecular formula is C18H24FN3O. The van der Waals surface area contributed by atoms with Crippen LogP contribution in [-0.4, -0.2) is 36.1 Å². The number of rotatable bonds is 6. The quantitative estimate of drug-likeness (QED) is 0.887. The van der Waals surface area contributed by atoms with Crippen LogP contribution in [0.4, 0.5) is 4.39 Å². The van der Waals surface area contributed by atoms with Crippen molar-refractivity contribution >= 4 is 0 Å². The minimum Gasteiger partial charge on any atom is -0.444 e. The van der Waals surface area contributed by atoms with Crippen molar-refractivity contribution in [2.24, 2.45) is 5.92 Å². The van der Waals surface area contributed by atoms with E-state index in [1.165, 1.54) is 25.0 Å². The first-order valence-corrected chi connectivity index (χ1v) is 8.38. The molecule has 0 aliphatic carbocycles. The van der Waals surface area contributed by atoms with Crippen molar-refractivity contribution in [2.45, 2.75) is 26.3 Å². The first kappa shape index (κ1) is 16.1. The summed E-state index contributed by atoms with van der Waals surface area (Å²) >= 11 is 0. The second-order valence-electron chi connectivity index (χ2n) is 6.18. The second kappa shape index (κ2) is 7.70. The lowest BCUT2D eigenvalue weighted by Crippen LogP contribution is -2.36. The molecule has 1 aliphatic rings. The molecule has 1 aromatic carbocycles. The fourth-order valence-electron chi connectivity index (χ4n) is 3.03. The summed E-state index contributed by atoms with van der Waals surface area (Å²) in [5, 5.41) is 3.44. The van der Waals surface area contributed by atoms with Crippen molar-refractivity contribution < 1.29 is 8.81 Å². The van der Waals surface area contributed by atoms with Crippen molar-refractivity contribution in [3.8, 4) is 11.5 Å². The molecule has 2 aromatic rings. The molecule has 23 heavy (non-hydrogen) atoms. The van der Waals surface area contributed by atoms with E-state index in [0.29, 0.717) is 5.89 Å².